The van der Waals surface area contributed by atoms with Gasteiger partial charge < -0.3 is 0 Å². The molecule has 90 valence electrons. The summed E-state index contributed by atoms with van der Waals surface area (Å²) in [5.41, 5.74) is 0.0584. The van der Waals surface area contributed by atoms with Crippen LogP contribution >= 0.6 is 0 Å². The summed E-state index contributed by atoms with van der Waals surface area (Å²) >= 11 is 0. The molecule has 1 aromatic carbocycles. The van der Waals surface area contributed by atoms with Crippen molar-refractivity contribution < 1.29 is 9.59 Å². The van der Waals surface area contributed by atoms with Crippen LogP contribution in [0.15, 0.2) is 43.0 Å². The van der Waals surface area contributed by atoms with Gasteiger partial charge in [0.2, 0.25) is 0 Å². The van der Waals surface area contributed by atoms with E-state index in [1.807, 2.05) is 30.3 Å². The molecule has 0 unspecified atom stereocenters. The molecule has 0 heterocycles. The van der Waals surface area contributed by atoms with E-state index in [0.717, 1.165) is 5.56 Å². The summed E-state index contributed by atoms with van der Waals surface area (Å²) in [5.74, 6) is -0.178. The van der Waals surface area contributed by atoms with E-state index in [-0.39, 0.29) is 11.6 Å². The molecule has 0 aliphatic carbocycles. The van der Waals surface area contributed by atoms with Gasteiger partial charge in [0.05, 0.1) is 5.41 Å². The van der Waals surface area contributed by atoms with Crippen LogP contribution in [0.1, 0.15) is 25.8 Å². The molecule has 2 heteroatoms. The van der Waals surface area contributed by atoms with Gasteiger partial charge in [-0.1, -0.05) is 36.4 Å². The highest BCUT2D eigenvalue weighted by Gasteiger charge is 2.39. The van der Waals surface area contributed by atoms with Gasteiger partial charge >= 0.3 is 0 Å². The van der Waals surface area contributed by atoms with Crippen molar-refractivity contribution in [3.8, 4) is 0 Å². The molecule has 0 saturated carbocycles. The zero-order valence-electron chi connectivity index (χ0n) is 10.4. The van der Waals surface area contributed by atoms with E-state index in [0.29, 0.717) is 12.8 Å². The zero-order valence-corrected chi connectivity index (χ0v) is 10.4. The molecule has 0 saturated heterocycles. The molecule has 0 aliphatic heterocycles. The Bertz CT molecular complexity index is 404. The van der Waals surface area contributed by atoms with Crippen molar-refractivity contribution in [1.82, 2.24) is 0 Å². The molecule has 0 fully saturated rings. The summed E-state index contributed by atoms with van der Waals surface area (Å²) in [6.07, 6.45) is 2.49. The van der Waals surface area contributed by atoms with Gasteiger partial charge in [-0.25, -0.2) is 0 Å². The van der Waals surface area contributed by atoms with Gasteiger partial charge in [0, 0.05) is 0 Å². The van der Waals surface area contributed by atoms with Gasteiger partial charge in [0.25, 0.3) is 0 Å². The number of ketones is 2. The van der Waals surface area contributed by atoms with Crippen molar-refractivity contribution >= 4 is 11.6 Å². The number of benzene rings is 1. The smallest absolute Gasteiger partial charge is 0.143 e. The fraction of sp³-hybridized carbons (Fsp3) is 0.333. The van der Waals surface area contributed by atoms with Crippen LogP contribution in [0, 0.1) is 5.41 Å². The maximum Gasteiger partial charge on any atom is 0.143 e. The summed E-state index contributed by atoms with van der Waals surface area (Å²) in [6, 6.07) is 9.61. The van der Waals surface area contributed by atoms with Crippen molar-refractivity contribution in [3.63, 3.8) is 0 Å². The second-order valence-corrected chi connectivity index (χ2v) is 4.35. The molecule has 0 radical (unpaired) electrons. The topological polar surface area (TPSA) is 34.1 Å². The Hall–Kier alpha value is -1.70. The Morgan fingerprint density at radius 3 is 2.12 bits per heavy atom. The Balaban J connectivity index is 3.10. The fourth-order valence-electron chi connectivity index (χ4n) is 2.05. The molecular formula is C15H18O2. The lowest BCUT2D eigenvalue weighted by Gasteiger charge is -2.27. The van der Waals surface area contributed by atoms with Gasteiger partial charge in [-0.15, -0.1) is 6.58 Å². The molecule has 2 nitrogen and oxygen atoms in total. The van der Waals surface area contributed by atoms with E-state index >= 15 is 0 Å². The summed E-state index contributed by atoms with van der Waals surface area (Å²) < 4.78 is 0. The zero-order chi connectivity index (χ0) is 12.9. The standard InChI is InChI=1S/C15H18O2/c1-4-10-15(12(2)16,13(3)17)11-14-8-6-5-7-9-14/h4-9H,1,10-11H2,2-3H3. The first-order chi connectivity index (χ1) is 8.03. The van der Waals surface area contributed by atoms with Gasteiger partial charge in [-0.3, -0.25) is 9.59 Å². The number of rotatable bonds is 6. The summed E-state index contributed by atoms with van der Waals surface area (Å²) in [4.78, 5) is 23.7. The van der Waals surface area contributed by atoms with Crippen molar-refractivity contribution in [2.24, 2.45) is 5.41 Å². The summed E-state index contributed by atoms with van der Waals surface area (Å²) in [7, 11) is 0. The minimum Gasteiger partial charge on any atom is -0.299 e. The van der Waals surface area contributed by atoms with E-state index < -0.39 is 5.41 Å². The molecule has 1 aromatic rings. The van der Waals surface area contributed by atoms with E-state index in [1.54, 1.807) is 6.08 Å². The monoisotopic (exact) mass is 230 g/mol. The molecule has 0 bridgehead atoms. The normalized spacial score (nSPS) is 10.9. The molecule has 0 atom stereocenters. The Labute approximate surface area is 102 Å². The van der Waals surface area contributed by atoms with Gasteiger partial charge in [0.15, 0.2) is 0 Å². The number of carbonyl (C=O) groups excluding carboxylic acids is 2. The predicted molar refractivity (Wildman–Crippen MR) is 68.8 cm³/mol. The largest absolute Gasteiger partial charge is 0.299 e. The molecule has 17 heavy (non-hydrogen) atoms. The van der Waals surface area contributed by atoms with Crippen LogP contribution in [0.2, 0.25) is 0 Å². The first-order valence-corrected chi connectivity index (χ1v) is 5.70. The number of allylic oxidation sites excluding steroid dienone is 1. The van der Waals surface area contributed by atoms with Gasteiger partial charge in [-0.2, -0.15) is 0 Å². The van der Waals surface area contributed by atoms with Crippen molar-refractivity contribution in [2.75, 3.05) is 0 Å². The highest BCUT2D eigenvalue weighted by atomic mass is 16.2. The molecule has 0 N–H and O–H groups in total. The SMILES string of the molecule is C=CCC(Cc1ccccc1)(C(C)=O)C(C)=O. The number of carbonyl (C=O) groups is 2. The van der Waals surface area contributed by atoms with E-state index in [9.17, 15) is 9.59 Å². The number of Topliss-reactive ketones (excluding diaryl/α,β-unsaturated/α-hetero) is 2. The van der Waals surface area contributed by atoms with Crippen LogP contribution in [0.3, 0.4) is 0 Å². The fourth-order valence-corrected chi connectivity index (χ4v) is 2.05. The lowest BCUT2D eigenvalue weighted by Crippen LogP contribution is -2.38. The summed E-state index contributed by atoms with van der Waals surface area (Å²) in [6.45, 7) is 6.61. The average molecular weight is 230 g/mol. The number of hydrogen-bond acceptors (Lipinski definition) is 2. The quantitative estimate of drug-likeness (QED) is 0.556. The van der Waals surface area contributed by atoms with Crippen molar-refractivity contribution in [1.29, 1.82) is 0 Å². The average Bonchev–Trinajstić information content (AvgIpc) is 2.29. The molecule has 0 aliphatic rings. The van der Waals surface area contributed by atoms with Gasteiger partial charge in [-0.05, 0) is 32.3 Å². The minimum absolute atomic E-state index is 0.0891. The van der Waals surface area contributed by atoms with Crippen LogP contribution < -0.4 is 0 Å². The Morgan fingerprint density at radius 1 is 1.18 bits per heavy atom. The van der Waals surface area contributed by atoms with Crippen LogP contribution in [0.5, 0.6) is 0 Å². The van der Waals surface area contributed by atoms with Crippen molar-refractivity contribution in [2.45, 2.75) is 26.7 Å². The van der Waals surface area contributed by atoms with Crippen LogP contribution in [-0.2, 0) is 16.0 Å². The molecular weight excluding hydrogens is 212 g/mol. The number of hydrogen-bond donors (Lipinski definition) is 0. The third-order valence-corrected chi connectivity index (χ3v) is 3.19. The first-order valence-electron chi connectivity index (χ1n) is 5.70. The van der Waals surface area contributed by atoms with E-state index in [4.69, 9.17) is 0 Å². The molecule has 0 aromatic heterocycles. The lowest BCUT2D eigenvalue weighted by molar-refractivity contribution is -0.138. The molecule has 0 spiro atoms. The highest BCUT2D eigenvalue weighted by Crippen LogP contribution is 2.30. The Kier molecular flexibility index (Phi) is 4.38. The van der Waals surface area contributed by atoms with Crippen LogP contribution in [0.25, 0.3) is 0 Å². The molecule has 1 rings (SSSR count). The Morgan fingerprint density at radius 2 is 1.71 bits per heavy atom. The van der Waals surface area contributed by atoms with E-state index in [2.05, 4.69) is 6.58 Å². The van der Waals surface area contributed by atoms with Crippen LogP contribution in [-0.4, -0.2) is 11.6 Å². The molecule has 0 amide bonds. The van der Waals surface area contributed by atoms with E-state index in [1.165, 1.54) is 13.8 Å². The second-order valence-electron chi connectivity index (χ2n) is 4.35. The second kappa shape index (κ2) is 5.58. The third-order valence-electron chi connectivity index (χ3n) is 3.19. The van der Waals surface area contributed by atoms with Crippen LogP contribution in [0.4, 0.5) is 0 Å². The minimum atomic E-state index is -0.941. The predicted octanol–water partition coefficient (Wildman–Crippen LogP) is 2.97. The highest BCUT2D eigenvalue weighted by molar-refractivity contribution is 6.05. The first kappa shape index (κ1) is 13.4. The maximum absolute atomic E-state index is 11.8. The lowest BCUT2D eigenvalue weighted by atomic mass is 9.72. The van der Waals surface area contributed by atoms with Gasteiger partial charge in [0.1, 0.15) is 11.6 Å². The third kappa shape index (κ3) is 2.90. The maximum atomic E-state index is 11.8. The van der Waals surface area contributed by atoms with Crippen molar-refractivity contribution in [3.05, 3.63) is 48.6 Å². The summed E-state index contributed by atoms with van der Waals surface area (Å²) in [5, 5.41) is 0.